The highest BCUT2D eigenvalue weighted by Crippen LogP contribution is 2.24. The zero-order valence-corrected chi connectivity index (χ0v) is 14.8. The van der Waals surface area contributed by atoms with E-state index >= 15 is 0 Å². The van der Waals surface area contributed by atoms with Crippen molar-refractivity contribution in [1.82, 2.24) is 10.3 Å². The Morgan fingerprint density at radius 1 is 1.30 bits per heavy atom. The first kappa shape index (κ1) is 17.6. The van der Waals surface area contributed by atoms with Crippen molar-refractivity contribution in [3.63, 3.8) is 0 Å². The molecular formula is C17H19ClN2O2S. The van der Waals surface area contributed by atoms with E-state index in [1.807, 2.05) is 39.0 Å². The van der Waals surface area contributed by atoms with Gasteiger partial charge in [-0.25, -0.2) is 0 Å². The Labute approximate surface area is 144 Å². The Morgan fingerprint density at radius 3 is 2.57 bits per heavy atom. The van der Waals surface area contributed by atoms with E-state index in [4.69, 9.17) is 11.6 Å². The molecule has 2 rings (SSSR count). The molecule has 4 nitrogen and oxygen atoms in total. The summed E-state index contributed by atoms with van der Waals surface area (Å²) in [6.45, 7) is 5.77. The number of aromatic nitrogens is 1. The average Bonchev–Trinajstić information content (AvgIpc) is 2.48. The number of rotatable bonds is 5. The topological polar surface area (TPSA) is 62.0 Å². The van der Waals surface area contributed by atoms with Crippen molar-refractivity contribution in [3.8, 4) is 0 Å². The van der Waals surface area contributed by atoms with Gasteiger partial charge in [-0.2, -0.15) is 0 Å². The zero-order chi connectivity index (χ0) is 17.0. The molecule has 23 heavy (non-hydrogen) atoms. The van der Waals surface area contributed by atoms with Crippen LogP contribution in [-0.4, -0.2) is 16.1 Å². The fourth-order valence-electron chi connectivity index (χ4n) is 2.19. The van der Waals surface area contributed by atoms with Crippen LogP contribution in [0.1, 0.15) is 23.7 Å². The van der Waals surface area contributed by atoms with Crippen LogP contribution in [0.5, 0.6) is 0 Å². The Bertz CT molecular complexity index is 756. The summed E-state index contributed by atoms with van der Waals surface area (Å²) in [6, 6.07) is 9.25. The number of carbonyl (C=O) groups excluding carboxylic acids is 1. The van der Waals surface area contributed by atoms with E-state index in [9.17, 15) is 9.59 Å². The number of benzene rings is 1. The first-order valence-electron chi connectivity index (χ1n) is 7.26. The maximum absolute atomic E-state index is 12.2. The number of carbonyl (C=O) groups is 1. The lowest BCUT2D eigenvalue weighted by molar-refractivity contribution is -0.120. The Hall–Kier alpha value is -1.72. The van der Waals surface area contributed by atoms with Crippen molar-refractivity contribution >= 4 is 29.3 Å². The number of nitrogens with one attached hydrogen (secondary N) is 2. The molecule has 1 heterocycles. The lowest BCUT2D eigenvalue weighted by Crippen LogP contribution is -2.33. The Balaban J connectivity index is 1.97. The molecule has 1 atom stereocenters. The third-order valence-electron chi connectivity index (χ3n) is 3.43. The second-order valence-corrected chi connectivity index (χ2v) is 7.23. The highest BCUT2D eigenvalue weighted by atomic mass is 35.5. The summed E-state index contributed by atoms with van der Waals surface area (Å²) >= 11 is 7.30. The number of halogens is 1. The standard InChI is InChI=1S/C17H19ClN2O2S/c1-10-8-11(2)20-17(22)15(10)9-19-16(21)12(3)23-14-6-4-13(18)5-7-14/h4-8,12H,9H2,1-3H3,(H,19,21)(H,20,22). The van der Waals surface area contributed by atoms with Crippen molar-refractivity contribution in [2.45, 2.75) is 37.5 Å². The van der Waals surface area contributed by atoms with Gasteiger partial charge in [0.05, 0.1) is 5.25 Å². The smallest absolute Gasteiger partial charge is 0.253 e. The number of H-pyrrole nitrogens is 1. The molecular weight excluding hydrogens is 332 g/mol. The fourth-order valence-corrected chi connectivity index (χ4v) is 3.21. The number of amides is 1. The van der Waals surface area contributed by atoms with Crippen molar-refractivity contribution < 1.29 is 4.79 Å². The molecule has 2 N–H and O–H groups in total. The van der Waals surface area contributed by atoms with Gasteiger partial charge in [-0.05, 0) is 56.7 Å². The number of aromatic amines is 1. The summed E-state index contributed by atoms with van der Waals surface area (Å²) in [4.78, 5) is 27.9. The first-order chi connectivity index (χ1) is 10.9. The molecule has 0 aliphatic rings. The molecule has 1 aromatic heterocycles. The first-order valence-corrected chi connectivity index (χ1v) is 8.52. The molecule has 122 valence electrons. The van der Waals surface area contributed by atoms with Crippen LogP contribution in [-0.2, 0) is 11.3 Å². The Morgan fingerprint density at radius 2 is 1.96 bits per heavy atom. The van der Waals surface area contributed by atoms with E-state index in [2.05, 4.69) is 10.3 Å². The largest absolute Gasteiger partial charge is 0.351 e. The van der Waals surface area contributed by atoms with Crippen molar-refractivity contribution in [1.29, 1.82) is 0 Å². The highest BCUT2D eigenvalue weighted by molar-refractivity contribution is 8.00. The molecule has 1 aromatic carbocycles. The van der Waals surface area contributed by atoms with Gasteiger partial charge in [-0.3, -0.25) is 9.59 Å². The van der Waals surface area contributed by atoms with E-state index in [1.54, 1.807) is 12.1 Å². The van der Waals surface area contributed by atoms with Gasteiger partial charge in [0.1, 0.15) is 0 Å². The summed E-state index contributed by atoms with van der Waals surface area (Å²) in [5, 5.41) is 3.23. The van der Waals surface area contributed by atoms with E-state index in [1.165, 1.54) is 11.8 Å². The van der Waals surface area contributed by atoms with E-state index in [0.29, 0.717) is 10.6 Å². The predicted octanol–water partition coefficient (Wildman–Crippen LogP) is 3.44. The lowest BCUT2D eigenvalue weighted by Gasteiger charge is -2.13. The molecule has 0 saturated heterocycles. The van der Waals surface area contributed by atoms with Crippen molar-refractivity contribution in [2.75, 3.05) is 0 Å². The van der Waals surface area contributed by atoms with Crippen molar-refractivity contribution in [2.24, 2.45) is 0 Å². The number of pyridine rings is 1. The zero-order valence-electron chi connectivity index (χ0n) is 13.3. The molecule has 2 aromatic rings. The summed E-state index contributed by atoms with van der Waals surface area (Å²) in [5.74, 6) is -0.107. The van der Waals surface area contributed by atoms with Crippen LogP contribution in [0.2, 0.25) is 5.02 Å². The summed E-state index contributed by atoms with van der Waals surface area (Å²) in [6.07, 6.45) is 0. The molecule has 1 amide bonds. The van der Waals surface area contributed by atoms with Crippen LogP contribution in [0.25, 0.3) is 0 Å². The second kappa shape index (κ2) is 7.70. The van der Waals surface area contributed by atoms with Crippen molar-refractivity contribution in [3.05, 3.63) is 62.5 Å². The maximum Gasteiger partial charge on any atom is 0.253 e. The molecule has 6 heteroatoms. The summed E-state index contributed by atoms with van der Waals surface area (Å²) < 4.78 is 0. The predicted molar refractivity (Wildman–Crippen MR) is 95.2 cm³/mol. The van der Waals surface area contributed by atoms with Gasteiger partial charge in [-0.1, -0.05) is 11.6 Å². The average molecular weight is 351 g/mol. The van der Waals surface area contributed by atoms with Crippen LogP contribution < -0.4 is 10.9 Å². The Kier molecular flexibility index (Phi) is 5.91. The van der Waals surface area contributed by atoms with Crippen LogP contribution in [0.4, 0.5) is 0 Å². The van der Waals surface area contributed by atoms with Crippen LogP contribution in [0, 0.1) is 13.8 Å². The number of hydrogen-bond acceptors (Lipinski definition) is 3. The molecule has 0 aliphatic carbocycles. The third kappa shape index (κ3) is 4.88. The molecule has 1 unspecified atom stereocenters. The quantitative estimate of drug-likeness (QED) is 0.812. The van der Waals surface area contributed by atoms with Crippen LogP contribution in [0.3, 0.4) is 0 Å². The molecule has 0 spiro atoms. The fraction of sp³-hybridized carbons (Fsp3) is 0.294. The molecule has 0 fully saturated rings. The van der Waals surface area contributed by atoms with Gasteiger partial charge in [0.25, 0.3) is 5.56 Å². The molecule has 0 bridgehead atoms. The molecule has 0 aliphatic heterocycles. The van der Waals surface area contributed by atoms with Gasteiger partial charge in [0.15, 0.2) is 0 Å². The third-order valence-corrected chi connectivity index (χ3v) is 4.79. The van der Waals surface area contributed by atoms with Gasteiger partial charge >= 0.3 is 0 Å². The summed E-state index contributed by atoms with van der Waals surface area (Å²) in [7, 11) is 0. The van der Waals surface area contributed by atoms with E-state index < -0.39 is 0 Å². The highest BCUT2D eigenvalue weighted by Gasteiger charge is 2.15. The lowest BCUT2D eigenvalue weighted by atomic mass is 10.1. The number of thioether (sulfide) groups is 1. The van der Waals surface area contributed by atoms with Gasteiger partial charge < -0.3 is 10.3 Å². The second-order valence-electron chi connectivity index (χ2n) is 5.37. The van der Waals surface area contributed by atoms with Crippen LogP contribution in [0.15, 0.2) is 40.0 Å². The van der Waals surface area contributed by atoms with Gasteiger partial charge in [-0.15, -0.1) is 11.8 Å². The summed E-state index contributed by atoms with van der Waals surface area (Å²) in [5.41, 5.74) is 2.13. The number of aryl methyl sites for hydroxylation is 2. The minimum atomic E-state index is -0.263. The molecule has 0 radical (unpaired) electrons. The van der Waals surface area contributed by atoms with E-state index in [0.717, 1.165) is 16.2 Å². The maximum atomic E-state index is 12.2. The monoisotopic (exact) mass is 350 g/mol. The van der Waals surface area contributed by atoms with Gasteiger partial charge in [0, 0.05) is 27.7 Å². The number of hydrogen-bond donors (Lipinski definition) is 2. The SMILES string of the molecule is Cc1cc(C)c(CNC(=O)C(C)Sc2ccc(Cl)cc2)c(=O)[nH]1. The van der Waals surface area contributed by atoms with E-state index in [-0.39, 0.29) is 23.3 Å². The van der Waals surface area contributed by atoms with Crippen LogP contribution >= 0.6 is 23.4 Å². The normalized spacial score (nSPS) is 12.0. The minimum Gasteiger partial charge on any atom is -0.351 e. The van der Waals surface area contributed by atoms with Gasteiger partial charge in [0.2, 0.25) is 5.91 Å². The molecule has 0 saturated carbocycles. The minimum absolute atomic E-state index is 0.107.